The SMILES string of the molecule is C=NN(CCCCCCN(N=C)C(=O)S)C(=O)S. The Morgan fingerprint density at radius 3 is 1.39 bits per heavy atom. The minimum absolute atomic E-state index is 0.410. The van der Waals surface area contributed by atoms with Crippen molar-refractivity contribution in [3.63, 3.8) is 0 Å². The van der Waals surface area contributed by atoms with E-state index in [0.29, 0.717) is 13.1 Å². The van der Waals surface area contributed by atoms with Gasteiger partial charge in [-0.1, -0.05) is 38.1 Å². The maximum atomic E-state index is 10.9. The highest BCUT2D eigenvalue weighted by Crippen LogP contribution is 2.06. The Hall–Kier alpha value is -1.02. The molecule has 0 aromatic carbocycles. The lowest BCUT2D eigenvalue weighted by atomic mass is 10.2. The third-order valence-corrected chi connectivity index (χ3v) is 2.73. The third kappa shape index (κ3) is 7.33. The van der Waals surface area contributed by atoms with Crippen LogP contribution < -0.4 is 0 Å². The molecule has 0 N–H and O–H groups in total. The van der Waals surface area contributed by atoms with Gasteiger partial charge in [0.25, 0.3) is 10.5 Å². The van der Waals surface area contributed by atoms with Crippen LogP contribution in [0.3, 0.4) is 0 Å². The van der Waals surface area contributed by atoms with Crippen molar-refractivity contribution in [3.05, 3.63) is 0 Å². The van der Waals surface area contributed by atoms with E-state index >= 15 is 0 Å². The molecular formula is C10H18N4O2S2. The lowest BCUT2D eigenvalue weighted by Crippen LogP contribution is -2.21. The maximum absolute atomic E-state index is 10.9. The molecule has 0 fully saturated rings. The molecule has 0 saturated carbocycles. The highest BCUT2D eigenvalue weighted by atomic mass is 32.1. The molecule has 0 aromatic heterocycles. The first-order chi connectivity index (χ1) is 8.52. The molecule has 0 heterocycles. The van der Waals surface area contributed by atoms with E-state index in [1.54, 1.807) is 0 Å². The van der Waals surface area contributed by atoms with E-state index in [-0.39, 0.29) is 0 Å². The summed E-state index contributed by atoms with van der Waals surface area (Å²) < 4.78 is 0. The topological polar surface area (TPSA) is 65.3 Å². The van der Waals surface area contributed by atoms with Crippen LogP contribution in [0, 0.1) is 0 Å². The molecule has 0 saturated heterocycles. The molecule has 2 amide bonds. The molecule has 0 aliphatic heterocycles. The zero-order valence-electron chi connectivity index (χ0n) is 10.2. The quantitative estimate of drug-likeness (QED) is 0.296. The van der Waals surface area contributed by atoms with Crippen molar-refractivity contribution in [2.45, 2.75) is 25.7 Å². The predicted molar refractivity (Wildman–Crippen MR) is 79.7 cm³/mol. The minimum atomic E-state index is -0.410. The lowest BCUT2D eigenvalue weighted by Gasteiger charge is -2.14. The largest absolute Gasteiger partial charge is 0.298 e. The fourth-order valence-corrected chi connectivity index (χ4v) is 1.66. The number of amides is 2. The summed E-state index contributed by atoms with van der Waals surface area (Å²) >= 11 is 7.32. The van der Waals surface area contributed by atoms with Gasteiger partial charge in [-0.15, -0.1) is 0 Å². The highest BCUT2D eigenvalue weighted by Gasteiger charge is 2.07. The van der Waals surface area contributed by atoms with Crippen LogP contribution >= 0.6 is 25.3 Å². The molecule has 18 heavy (non-hydrogen) atoms. The number of carbonyl (C=O) groups excluding carboxylic acids is 2. The van der Waals surface area contributed by atoms with E-state index in [2.05, 4.69) is 48.9 Å². The van der Waals surface area contributed by atoms with Gasteiger partial charge in [-0.25, -0.2) is 10.0 Å². The molecule has 0 rings (SSSR count). The lowest BCUT2D eigenvalue weighted by molar-refractivity contribution is 0.222. The van der Waals surface area contributed by atoms with Crippen LogP contribution in [-0.2, 0) is 0 Å². The molecule has 0 radical (unpaired) electrons. The zero-order chi connectivity index (χ0) is 14.0. The van der Waals surface area contributed by atoms with Crippen LogP contribution in [0.15, 0.2) is 10.2 Å². The smallest absolute Gasteiger partial charge is 0.260 e. The van der Waals surface area contributed by atoms with Gasteiger partial charge in [0.15, 0.2) is 0 Å². The number of thiol groups is 2. The summed E-state index contributed by atoms with van der Waals surface area (Å²) in [6, 6.07) is 0. The molecular weight excluding hydrogens is 272 g/mol. The second-order valence-electron chi connectivity index (χ2n) is 3.51. The molecule has 0 aliphatic carbocycles. The Kier molecular flexibility index (Phi) is 9.39. The van der Waals surface area contributed by atoms with E-state index in [4.69, 9.17) is 0 Å². The predicted octanol–water partition coefficient (Wildman–Crippen LogP) is 2.48. The Morgan fingerprint density at radius 2 is 1.17 bits per heavy atom. The second-order valence-corrected chi connectivity index (χ2v) is 4.27. The second kappa shape index (κ2) is 9.95. The fourth-order valence-electron chi connectivity index (χ4n) is 1.33. The molecule has 0 aliphatic rings. The number of hydrogen-bond acceptors (Lipinski definition) is 4. The summed E-state index contributed by atoms with van der Waals surface area (Å²) in [7, 11) is 0. The Balaban J connectivity index is 3.62. The first kappa shape index (κ1) is 17.0. The van der Waals surface area contributed by atoms with Gasteiger partial charge >= 0.3 is 0 Å². The number of nitrogens with zero attached hydrogens (tertiary/aromatic N) is 4. The van der Waals surface area contributed by atoms with Crippen molar-refractivity contribution in [1.29, 1.82) is 0 Å². The van der Waals surface area contributed by atoms with Crippen molar-refractivity contribution in [1.82, 2.24) is 10.0 Å². The van der Waals surface area contributed by atoms with Crippen LogP contribution in [-0.4, -0.2) is 47.0 Å². The van der Waals surface area contributed by atoms with Crippen molar-refractivity contribution in [2.24, 2.45) is 10.2 Å². The summed E-state index contributed by atoms with van der Waals surface area (Å²) in [5.74, 6) is 0. The third-order valence-electron chi connectivity index (χ3n) is 2.27. The van der Waals surface area contributed by atoms with E-state index in [1.165, 1.54) is 10.0 Å². The van der Waals surface area contributed by atoms with E-state index < -0.39 is 10.5 Å². The normalized spacial score (nSPS) is 9.67. The summed E-state index contributed by atoms with van der Waals surface area (Å²) in [5, 5.41) is 8.68. The number of hydrogen-bond donors (Lipinski definition) is 2. The molecule has 0 aromatic rings. The van der Waals surface area contributed by atoms with E-state index in [9.17, 15) is 9.59 Å². The van der Waals surface area contributed by atoms with Crippen molar-refractivity contribution >= 4 is 49.2 Å². The summed E-state index contributed by atoms with van der Waals surface area (Å²) in [4.78, 5) is 21.8. The van der Waals surface area contributed by atoms with Gasteiger partial charge in [-0.2, -0.15) is 10.2 Å². The van der Waals surface area contributed by atoms with E-state index in [0.717, 1.165) is 25.7 Å². The highest BCUT2D eigenvalue weighted by molar-refractivity contribution is 7.96. The van der Waals surface area contributed by atoms with Gasteiger partial charge in [-0.3, -0.25) is 9.59 Å². The van der Waals surface area contributed by atoms with Gasteiger partial charge < -0.3 is 0 Å². The molecule has 0 spiro atoms. The van der Waals surface area contributed by atoms with Gasteiger partial charge in [0, 0.05) is 26.5 Å². The maximum Gasteiger partial charge on any atom is 0.298 e. The summed E-state index contributed by atoms with van der Waals surface area (Å²) in [6.45, 7) is 7.57. The van der Waals surface area contributed by atoms with Gasteiger partial charge in [0.2, 0.25) is 0 Å². The molecule has 102 valence electrons. The minimum Gasteiger partial charge on any atom is -0.260 e. The molecule has 0 atom stereocenters. The first-order valence-corrected chi connectivity index (χ1v) is 6.36. The van der Waals surface area contributed by atoms with E-state index in [1.807, 2.05) is 0 Å². The zero-order valence-corrected chi connectivity index (χ0v) is 11.9. The van der Waals surface area contributed by atoms with Gasteiger partial charge in [0.05, 0.1) is 0 Å². The van der Waals surface area contributed by atoms with Crippen molar-refractivity contribution in [3.8, 4) is 0 Å². The Bertz CT molecular complexity index is 282. The van der Waals surface area contributed by atoms with Gasteiger partial charge in [-0.05, 0) is 12.8 Å². The number of rotatable bonds is 9. The van der Waals surface area contributed by atoms with Gasteiger partial charge in [0.1, 0.15) is 0 Å². The average Bonchev–Trinajstić information content (AvgIpc) is 2.32. The standard InChI is InChI=1S/C10H18N4O2S2/c1-11-13(9(15)17)7-5-3-4-6-8-14(12-2)10(16)18/h1-8H2,(H,15,17)(H,16,18). The van der Waals surface area contributed by atoms with Crippen LogP contribution in [0.1, 0.15) is 25.7 Å². The number of unbranched alkanes of at least 4 members (excludes halogenated alkanes) is 3. The molecule has 0 bridgehead atoms. The summed E-state index contributed by atoms with van der Waals surface area (Å²) in [6.07, 6.45) is 3.45. The summed E-state index contributed by atoms with van der Waals surface area (Å²) in [5.41, 5.74) is 0. The average molecular weight is 290 g/mol. The fraction of sp³-hybridized carbons (Fsp3) is 0.600. The monoisotopic (exact) mass is 290 g/mol. The molecule has 8 heteroatoms. The van der Waals surface area contributed by atoms with Crippen LogP contribution in [0.2, 0.25) is 0 Å². The van der Waals surface area contributed by atoms with Crippen LogP contribution in [0.4, 0.5) is 9.59 Å². The van der Waals surface area contributed by atoms with Crippen LogP contribution in [0.25, 0.3) is 0 Å². The molecule has 6 nitrogen and oxygen atoms in total. The van der Waals surface area contributed by atoms with Crippen molar-refractivity contribution in [2.75, 3.05) is 13.1 Å². The Morgan fingerprint density at radius 1 is 0.833 bits per heavy atom. The van der Waals surface area contributed by atoms with Crippen LogP contribution in [0.5, 0.6) is 0 Å². The number of hydrazone groups is 2. The number of carbonyl (C=O) groups is 2. The Labute approximate surface area is 118 Å². The molecule has 0 unspecified atom stereocenters. The van der Waals surface area contributed by atoms with Crippen molar-refractivity contribution < 1.29 is 9.59 Å². The first-order valence-electron chi connectivity index (χ1n) is 5.47.